The summed E-state index contributed by atoms with van der Waals surface area (Å²) in [6.45, 7) is 0.352. The Morgan fingerprint density at radius 3 is 2.58 bits per heavy atom. The summed E-state index contributed by atoms with van der Waals surface area (Å²) in [7, 11) is 0. The molecule has 0 N–H and O–H groups in total. The molecule has 0 aliphatic carbocycles. The van der Waals surface area contributed by atoms with Gasteiger partial charge >= 0.3 is 0 Å². The van der Waals surface area contributed by atoms with Gasteiger partial charge in [0.1, 0.15) is 12.4 Å². The van der Waals surface area contributed by atoms with Crippen molar-refractivity contribution in [1.29, 1.82) is 0 Å². The van der Waals surface area contributed by atoms with Gasteiger partial charge in [0, 0.05) is 10.0 Å². The second-order valence-electron chi connectivity index (χ2n) is 4.05. The van der Waals surface area contributed by atoms with Gasteiger partial charge in [-0.1, -0.05) is 28.1 Å². The highest BCUT2D eigenvalue weighted by Gasteiger charge is 2.06. The fourth-order valence-corrected chi connectivity index (χ4v) is 2.05. The Labute approximate surface area is 119 Å². The van der Waals surface area contributed by atoms with Crippen LogP contribution < -0.4 is 0 Å². The van der Waals surface area contributed by atoms with Crippen LogP contribution in [0.15, 0.2) is 53.0 Å². The maximum atomic E-state index is 12.7. The molecule has 0 heterocycles. The maximum absolute atomic E-state index is 12.7. The molecule has 0 atom stereocenters. The first-order valence-electron chi connectivity index (χ1n) is 5.76. The van der Waals surface area contributed by atoms with Crippen molar-refractivity contribution in [2.45, 2.75) is 6.61 Å². The SMILES string of the molecule is O=C(COCc1cccc(Br)c1)c1ccc(F)cc1. The molecule has 2 aromatic rings. The summed E-state index contributed by atoms with van der Waals surface area (Å²) in [4.78, 5) is 11.8. The minimum absolute atomic E-state index is 0.0157. The van der Waals surface area contributed by atoms with Crippen molar-refractivity contribution in [3.63, 3.8) is 0 Å². The van der Waals surface area contributed by atoms with Gasteiger partial charge in [-0.15, -0.1) is 0 Å². The van der Waals surface area contributed by atoms with E-state index in [1.165, 1.54) is 24.3 Å². The van der Waals surface area contributed by atoms with Gasteiger partial charge in [0.2, 0.25) is 0 Å². The highest BCUT2D eigenvalue weighted by atomic mass is 79.9. The Bertz CT molecular complexity index is 567. The van der Waals surface area contributed by atoms with Crippen LogP contribution in [0.5, 0.6) is 0 Å². The third kappa shape index (κ3) is 4.26. The van der Waals surface area contributed by atoms with Crippen molar-refractivity contribution >= 4 is 21.7 Å². The van der Waals surface area contributed by atoms with E-state index in [-0.39, 0.29) is 18.2 Å². The largest absolute Gasteiger partial charge is 0.369 e. The van der Waals surface area contributed by atoms with Gasteiger partial charge in [0.15, 0.2) is 5.78 Å². The zero-order valence-corrected chi connectivity index (χ0v) is 11.7. The number of Topliss-reactive ketones (excluding diaryl/α,β-unsaturated/α-hetero) is 1. The second kappa shape index (κ2) is 6.59. The molecular formula is C15H12BrFO2. The molecular weight excluding hydrogens is 311 g/mol. The van der Waals surface area contributed by atoms with E-state index in [1.807, 2.05) is 24.3 Å². The predicted octanol–water partition coefficient (Wildman–Crippen LogP) is 3.99. The molecule has 98 valence electrons. The lowest BCUT2D eigenvalue weighted by Gasteiger charge is -2.04. The van der Waals surface area contributed by atoms with Crippen molar-refractivity contribution in [2.24, 2.45) is 0 Å². The quantitative estimate of drug-likeness (QED) is 0.778. The van der Waals surface area contributed by atoms with E-state index in [4.69, 9.17) is 4.74 Å². The molecule has 0 unspecified atom stereocenters. The third-order valence-electron chi connectivity index (χ3n) is 2.56. The number of hydrogen-bond acceptors (Lipinski definition) is 2. The van der Waals surface area contributed by atoms with Crippen LogP contribution in [-0.4, -0.2) is 12.4 Å². The lowest BCUT2D eigenvalue weighted by Crippen LogP contribution is -2.09. The summed E-state index contributed by atoms with van der Waals surface area (Å²) >= 11 is 3.37. The molecule has 0 fully saturated rings. The molecule has 0 spiro atoms. The van der Waals surface area contributed by atoms with Crippen LogP contribution in [0.3, 0.4) is 0 Å². The molecule has 0 bridgehead atoms. The Morgan fingerprint density at radius 2 is 1.89 bits per heavy atom. The molecule has 0 aliphatic heterocycles. The van der Waals surface area contributed by atoms with E-state index in [1.54, 1.807) is 0 Å². The number of halogens is 2. The summed E-state index contributed by atoms with van der Waals surface area (Å²) in [5.74, 6) is -0.512. The van der Waals surface area contributed by atoms with E-state index in [2.05, 4.69) is 15.9 Å². The summed E-state index contributed by atoms with van der Waals surface area (Å²) in [5.41, 5.74) is 1.44. The van der Waals surface area contributed by atoms with Crippen LogP contribution in [0.2, 0.25) is 0 Å². The standard InChI is InChI=1S/C15H12BrFO2/c16-13-3-1-2-11(8-13)9-19-10-15(18)12-4-6-14(17)7-5-12/h1-8H,9-10H2. The minimum atomic E-state index is -0.355. The number of ether oxygens (including phenoxy) is 1. The van der Waals surface area contributed by atoms with Gasteiger partial charge in [0.25, 0.3) is 0 Å². The Balaban J connectivity index is 1.86. The average molecular weight is 323 g/mol. The monoisotopic (exact) mass is 322 g/mol. The number of benzene rings is 2. The first-order chi connectivity index (χ1) is 9.15. The maximum Gasteiger partial charge on any atom is 0.188 e. The Morgan fingerprint density at radius 1 is 1.16 bits per heavy atom. The predicted molar refractivity (Wildman–Crippen MR) is 74.5 cm³/mol. The van der Waals surface area contributed by atoms with Crippen molar-refractivity contribution in [2.75, 3.05) is 6.61 Å². The van der Waals surface area contributed by atoms with E-state index in [0.29, 0.717) is 12.2 Å². The highest BCUT2D eigenvalue weighted by Crippen LogP contribution is 2.12. The van der Waals surface area contributed by atoms with Crippen LogP contribution in [0, 0.1) is 5.82 Å². The van der Waals surface area contributed by atoms with Crippen molar-refractivity contribution in [3.05, 3.63) is 69.9 Å². The van der Waals surface area contributed by atoms with E-state index < -0.39 is 0 Å². The van der Waals surface area contributed by atoms with E-state index in [9.17, 15) is 9.18 Å². The summed E-state index contributed by atoms with van der Waals surface area (Å²) in [6.07, 6.45) is 0. The van der Waals surface area contributed by atoms with E-state index in [0.717, 1.165) is 10.0 Å². The fraction of sp³-hybridized carbons (Fsp3) is 0.133. The zero-order valence-electron chi connectivity index (χ0n) is 10.1. The zero-order chi connectivity index (χ0) is 13.7. The van der Waals surface area contributed by atoms with Crippen molar-refractivity contribution < 1.29 is 13.9 Å². The van der Waals surface area contributed by atoms with E-state index >= 15 is 0 Å². The first-order valence-corrected chi connectivity index (χ1v) is 6.55. The topological polar surface area (TPSA) is 26.3 Å². The molecule has 0 saturated heterocycles. The van der Waals surface area contributed by atoms with Crippen molar-refractivity contribution in [3.8, 4) is 0 Å². The molecule has 0 amide bonds. The average Bonchev–Trinajstić information content (AvgIpc) is 2.39. The second-order valence-corrected chi connectivity index (χ2v) is 4.97. The Kier molecular flexibility index (Phi) is 4.82. The molecule has 4 heteroatoms. The Hall–Kier alpha value is -1.52. The smallest absolute Gasteiger partial charge is 0.188 e. The number of ketones is 1. The number of carbonyl (C=O) groups is 1. The highest BCUT2D eigenvalue weighted by molar-refractivity contribution is 9.10. The lowest BCUT2D eigenvalue weighted by atomic mass is 10.1. The van der Waals surface area contributed by atoms with Gasteiger partial charge in [-0.25, -0.2) is 4.39 Å². The van der Waals surface area contributed by atoms with Gasteiger partial charge in [-0.3, -0.25) is 4.79 Å². The molecule has 2 nitrogen and oxygen atoms in total. The first kappa shape index (κ1) is 13.9. The molecule has 0 saturated carbocycles. The molecule has 19 heavy (non-hydrogen) atoms. The fourth-order valence-electron chi connectivity index (χ4n) is 1.61. The van der Waals surface area contributed by atoms with Crippen LogP contribution >= 0.6 is 15.9 Å². The van der Waals surface area contributed by atoms with Crippen LogP contribution in [0.4, 0.5) is 4.39 Å². The minimum Gasteiger partial charge on any atom is -0.369 e. The molecule has 0 aromatic heterocycles. The number of carbonyl (C=O) groups excluding carboxylic acids is 1. The normalized spacial score (nSPS) is 10.4. The van der Waals surface area contributed by atoms with Crippen molar-refractivity contribution in [1.82, 2.24) is 0 Å². The summed E-state index contributed by atoms with van der Waals surface area (Å²) in [5, 5.41) is 0. The van der Waals surface area contributed by atoms with Gasteiger partial charge < -0.3 is 4.74 Å². The van der Waals surface area contributed by atoms with Gasteiger partial charge in [-0.2, -0.15) is 0 Å². The van der Waals surface area contributed by atoms with Gasteiger partial charge in [-0.05, 0) is 42.0 Å². The summed E-state index contributed by atoms with van der Waals surface area (Å²) < 4.78 is 19.0. The van der Waals surface area contributed by atoms with Crippen LogP contribution in [0.25, 0.3) is 0 Å². The molecule has 0 aliphatic rings. The van der Waals surface area contributed by atoms with Crippen LogP contribution in [-0.2, 0) is 11.3 Å². The van der Waals surface area contributed by atoms with Gasteiger partial charge in [0.05, 0.1) is 6.61 Å². The molecule has 2 rings (SSSR count). The summed E-state index contributed by atoms with van der Waals surface area (Å²) in [6, 6.07) is 13.1. The molecule has 0 radical (unpaired) electrons. The number of hydrogen-bond donors (Lipinski definition) is 0. The molecule has 2 aromatic carbocycles. The van der Waals surface area contributed by atoms with Crippen LogP contribution in [0.1, 0.15) is 15.9 Å². The lowest BCUT2D eigenvalue weighted by molar-refractivity contribution is 0.0726. The number of rotatable bonds is 5. The third-order valence-corrected chi connectivity index (χ3v) is 3.05.